The molecule has 0 spiro atoms. The van der Waals surface area contributed by atoms with Crippen molar-refractivity contribution < 1.29 is 5.11 Å². The Balaban J connectivity index is 2.02. The van der Waals surface area contributed by atoms with Gasteiger partial charge in [0.25, 0.3) is 0 Å². The van der Waals surface area contributed by atoms with E-state index in [9.17, 15) is 5.11 Å². The van der Waals surface area contributed by atoms with Crippen molar-refractivity contribution in [1.82, 2.24) is 0 Å². The highest BCUT2D eigenvalue weighted by Crippen LogP contribution is 2.13. The van der Waals surface area contributed by atoms with Crippen LogP contribution >= 0.6 is 11.3 Å². The van der Waals surface area contributed by atoms with Gasteiger partial charge in [0.15, 0.2) is 0 Å². The number of rotatable bonds is 6. The van der Waals surface area contributed by atoms with Gasteiger partial charge in [-0.1, -0.05) is 19.4 Å². The summed E-state index contributed by atoms with van der Waals surface area (Å²) in [5, 5.41) is 11.4. The summed E-state index contributed by atoms with van der Waals surface area (Å²) in [6.07, 6.45) is 5.29. The van der Waals surface area contributed by atoms with E-state index in [0.717, 1.165) is 19.3 Å². The second kappa shape index (κ2) is 6.17. The van der Waals surface area contributed by atoms with E-state index in [1.165, 1.54) is 17.7 Å². The number of aliphatic hydroxyl groups excluding tert-OH is 1. The Morgan fingerprint density at radius 3 is 2.92 bits per heavy atom. The summed E-state index contributed by atoms with van der Waals surface area (Å²) in [5.74, 6) is 0. The second-order valence-electron chi connectivity index (χ2n) is 3.39. The van der Waals surface area contributed by atoms with Crippen LogP contribution in [0.4, 0.5) is 0 Å². The Hall–Kier alpha value is -0.340. The number of aryl methyl sites for hydroxylation is 1. The maximum atomic E-state index is 9.32. The molecule has 1 aromatic rings. The zero-order valence-electron chi connectivity index (χ0n) is 8.20. The molecule has 0 aliphatic rings. The van der Waals surface area contributed by atoms with Crippen LogP contribution in [0.2, 0.25) is 0 Å². The third-order valence-electron chi connectivity index (χ3n) is 2.26. The summed E-state index contributed by atoms with van der Waals surface area (Å²) in [4.78, 5) is 1.46. The van der Waals surface area contributed by atoms with Gasteiger partial charge in [-0.15, -0.1) is 11.3 Å². The molecule has 1 rings (SSSR count). The van der Waals surface area contributed by atoms with Crippen LogP contribution < -0.4 is 0 Å². The molecule has 74 valence electrons. The monoisotopic (exact) mass is 198 g/mol. The fourth-order valence-corrected chi connectivity index (χ4v) is 2.09. The van der Waals surface area contributed by atoms with E-state index in [-0.39, 0.29) is 6.10 Å². The zero-order chi connectivity index (χ0) is 9.52. The van der Waals surface area contributed by atoms with Crippen molar-refractivity contribution >= 4 is 11.3 Å². The van der Waals surface area contributed by atoms with Gasteiger partial charge in [-0.3, -0.25) is 0 Å². The van der Waals surface area contributed by atoms with E-state index in [2.05, 4.69) is 17.5 Å². The molecule has 13 heavy (non-hydrogen) atoms. The Kier molecular flexibility index (Phi) is 5.09. The minimum atomic E-state index is -0.0802. The molecule has 2 heteroatoms. The number of thiophene rings is 1. The summed E-state index contributed by atoms with van der Waals surface area (Å²) in [5.41, 5.74) is 0. The first-order valence-corrected chi connectivity index (χ1v) is 5.91. The molecule has 1 atom stereocenters. The summed E-state index contributed by atoms with van der Waals surface area (Å²) in [7, 11) is 0. The van der Waals surface area contributed by atoms with Crippen LogP contribution in [0.5, 0.6) is 0 Å². The molecule has 1 aromatic heterocycles. The number of hydrogen-bond donors (Lipinski definition) is 1. The van der Waals surface area contributed by atoms with Gasteiger partial charge < -0.3 is 5.11 Å². The highest BCUT2D eigenvalue weighted by atomic mass is 32.1. The number of aliphatic hydroxyl groups is 1. The average Bonchev–Trinajstić information content (AvgIpc) is 2.64. The molecule has 0 saturated heterocycles. The molecule has 1 N–H and O–H groups in total. The molecule has 0 bridgehead atoms. The van der Waals surface area contributed by atoms with E-state index in [0.29, 0.717) is 0 Å². The Morgan fingerprint density at radius 1 is 1.46 bits per heavy atom. The third-order valence-corrected chi connectivity index (χ3v) is 3.20. The Labute approximate surface area is 84.4 Å². The lowest BCUT2D eigenvalue weighted by atomic mass is 10.1. The molecular weight excluding hydrogens is 180 g/mol. The lowest BCUT2D eigenvalue weighted by molar-refractivity contribution is 0.157. The van der Waals surface area contributed by atoms with Crippen LogP contribution in [0.3, 0.4) is 0 Å². The first-order valence-electron chi connectivity index (χ1n) is 5.03. The number of hydrogen-bond acceptors (Lipinski definition) is 2. The molecule has 1 heterocycles. The zero-order valence-corrected chi connectivity index (χ0v) is 9.02. The van der Waals surface area contributed by atoms with Crippen LogP contribution in [0.25, 0.3) is 0 Å². The second-order valence-corrected chi connectivity index (χ2v) is 4.42. The van der Waals surface area contributed by atoms with Crippen LogP contribution in [-0.2, 0) is 6.42 Å². The molecule has 0 radical (unpaired) electrons. The number of unbranched alkanes of at least 4 members (excludes halogenated alkanes) is 1. The van der Waals surface area contributed by atoms with Crippen molar-refractivity contribution in [2.45, 2.75) is 45.1 Å². The largest absolute Gasteiger partial charge is 0.393 e. The predicted molar refractivity (Wildman–Crippen MR) is 58.2 cm³/mol. The molecule has 1 unspecified atom stereocenters. The highest BCUT2D eigenvalue weighted by molar-refractivity contribution is 7.09. The molecule has 0 aliphatic carbocycles. The summed E-state index contributed by atoms with van der Waals surface area (Å²) in [6.45, 7) is 2.03. The fraction of sp³-hybridized carbons (Fsp3) is 0.636. The van der Waals surface area contributed by atoms with Crippen molar-refractivity contribution in [2.75, 3.05) is 0 Å². The average molecular weight is 198 g/mol. The predicted octanol–water partition coefficient (Wildman–Crippen LogP) is 3.23. The van der Waals surface area contributed by atoms with Crippen LogP contribution in [-0.4, -0.2) is 11.2 Å². The molecule has 0 aliphatic heterocycles. The van der Waals surface area contributed by atoms with Crippen molar-refractivity contribution in [3.63, 3.8) is 0 Å². The summed E-state index contributed by atoms with van der Waals surface area (Å²) < 4.78 is 0. The smallest absolute Gasteiger partial charge is 0.0537 e. The van der Waals surface area contributed by atoms with Crippen LogP contribution in [0, 0.1) is 0 Å². The SMILES string of the molecule is CCC(O)CCCCc1cccs1. The van der Waals surface area contributed by atoms with Crippen LogP contribution in [0.1, 0.15) is 37.5 Å². The summed E-state index contributed by atoms with van der Waals surface area (Å²) >= 11 is 1.83. The van der Waals surface area contributed by atoms with Gasteiger partial charge in [0.2, 0.25) is 0 Å². The lowest BCUT2D eigenvalue weighted by Gasteiger charge is -2.05. The molecular formula is C11H18OS. The first-order chi connectivity index (χ1) is 6.33. The van der Waals surface area contributed by atoms with Gasteiger partial charge >= 0.3 is 0 Å². The maximum absolute atomic E-state index is 9.32. The van der Waals surface area contributed by atoms with Gasteiger partial charge in [-0.25, -0.2) is 0 Å². The van der Waals surface area contributed by atoms with E-state index >= 15 is 0 Å². The highest BCUT2D eigenvalue weighted by Gasteiger charge is 2.00. The maximum Gasteiger partial charge on any atom is 0.0537 e. The molecule has 0 amide bonds. The molecule has 0 saturated carbocycles. The van der Waals surface area contributed by atoms with Gasteiger partial charge in [0.05, 0.1) is 6.10 Å². The van der Waals surface area contributed by atoms with Gasteiger partial charge in [0, 0.05) is 4.88 Å². The van der Waals surface area contributed by atoms with E-state index in [1.54, 1.807) is 0 Å². The Bertz CT molecular complexity index is 206. The van der Waals surface area contributed by atoms with E-state index in [4.69, 9.17) is 0 Å². The lowest BCUT2D eigenvalue weighted by Crippen LogP contribution is -2.03. The van der Waals surface area contributed by atoms with Crippen molar-refractivity contribution in [1.29, 1.82) is 0 Å². The van der Waals surface area contributed by atoms with Gasteiger partial charge in [0.1, 0.15) is 0 Å². The molecule has 1 nitrogen and oxygen atoms in total. The minimum Gasteiger partial charge on any atom is -0.393 e. The minimum absolute atomic E-state index is 0.0802. The topological polar surface area (TPSA) is 20.2 Å². The first kappa shape index (κ1) is 10.7. The quantitative estimate of drug-likeness (QED) is 0.696. The molecule has 0 fully saturated rings. The van der Waals surface area contributed by atoms with Crippen LogP contribution in [0.15, 0.2) is 17.5 Å². The van der Waals surface area contributed by atoms with Gasteiger partial charge in [-0.2, -0.15) is 0 Å². The Morgan fingerprint density at radius 2 is 2.31 bits per heavy atom. The van der Waals surface area contributed by atoms with Crippen molar-refractivity contribution in [3.05, 3.63) is 22.4 Å². The van der Waals surface area contributed by atoms with Gasteiger partial charge in [-0.05, 0) is 37.1 Å². The van der Waals surface area contributed by atoms with E-state index in [1.807, 2.05) is 18.3 Å². The standard InChI is InChI=1S/C11H18OS/c1-2-10(12)6-3-4-7-11-8-5-9-13-11/h5,8-10,12H,2-4,6-7H2,1H3. The molecule has 0 aromatic carbocycles. The fourth-order valence-electron chi connectivity index (χ4n) is 1.34. The third kappa shape index (κ3) is 4.44. The van der Waals surface area contributed by atoms with Crippen molar-refractivity contribution in [3.8, 4) is 0 Å². The normalized spacial score (nSPS) is 13.1. The van der Waals surface area contributed by atoms with Crippen molar-refractivity contribution in [2.24, 2.45) is 0 Å². The summed E-state index contributed by atoms with van der Waals surface area (Å²) in [6, 6.07) is 4.28. The van der Waals surface area contributed by atoms with E-state index < -0.39 is 0 Å².